The van der Waals surface area contributed by atoms with Gasteiger partial charge in [-0.25, -0.2) is 4.79 Å². The van der Waals surface area contributed by atoms with Gasteiger partial charge in [0.05, 0.1) is 40.1 Å². The number of aliphatic hydroxyl groups is 1. The average Bonchev–Trinajstić information content (AvgIpc) is 2.78. The lowest BCUT2D eigenvalue weighted by molar-refractivity contribution is 0.0482. The normalized spacial score (nSPS) is 12.1. The topological polar surface area (TPSA) is 95.5 Å². The quantitative estimate of drug-likeness (QED) is 0.309. The Morgan fingerprint density at radius 2 is 1.53 bits per heavy atom. The van der Waals surface area contributed by atoms with Crippen LogP contribution in [0.1, 0.15) is 78.7 Å². The highest BCUT2D eigenvalue weighted by atomic mass is 16.6. The second kappa shape index (κ2) is 15.5. The Morgan fingerprint density at radius 3 is 2.03 bits per heavy atom. The second-order valence-electron chi connectivity index (χ2n) is 9.27. The first-order chi connectivity index (χ1) is 16.2. The van der Waals surface area contributed by atoms with Crippen LogP contribution < -0.4 is 24.3 Å². The number of benzene rings is 1. The van der Waals surface area contributed by atoms with E-state index in [0.29, 0.717) is 42.6 Å². The fourth-order valence-corrected chi connectivity index (χ4v) is 3.41. The molecule has 1 atom stereocenters. The maximum absolute atomic E-state index is 12.3. The third-order valence-corrected chi connectivity index (χ3v) is 5.05. The Morgan fingerprint density at radius 1 is 0.941 bits per heavy atom. The molecule has 0 aromatic heterocycles. The van der Waals surface area contributed by atoms with Crippen molar-refractivity contribution in [2.45, 2.75) is 91.2 Å². The van der Waals surface area contributed by atoms with Crippen LogP contribution in [0, 0.1) is 0 Å². The highest BCUT2D eigenvalue weighted by molar-refractivity contribution is 5.68. The predicted octanol–water partition coefficient (Wildman–Crippen LogP) is 5.27. The number of hydrogen-bond donors (Lipinski definition) is 2. The molecule has 8 nitrogen and oxygen atoms in total. The number of carbonyl (C=O) groups is 1. The van der Waals surface area contributed by atoms with Gasteiger partial charge in [-0.1, -0.05) is 39.5 Å². The third kappa shape index (κ3) is 10.3. The van der Waals surface area contributed by atoms with Crippen molar-refractivity contribution in [1.29, 1.82) is 0 Å². The molecule has 2 N–H and O–H groups in total. The summed E-state index contributed by atoms with van der Waals surface area (Å²) in [7, 11) is 3.13. The number of ether oxygens (including phenoxy) is 5. The summed E-state index contributed by atoms with van der Waals surface area (Å²) in [5.74, 6) is 1.98. The van der Waals surface area contributed by atoms with Crippen LogP contribution in [0.25, 0.3) is 0 Å². The van der Waals surface area contributed by atoms with Crippen LogP contribution in [0.15, 0.2) is 6.07 Å². The molecule has 0 aliphatic heterocycles. The first-order valence-corrected chi connectivity index (χ1v) is 12.3. The van der Waals surface area contributed by atoms with Crippen molar-refractivity contribution in [2.24, 2.45) is 0 Å². The third-order valence-electron chi connectivity index (χ3n) is 5.05. The van der Waals surface area contributed by atoms with Crippen LogP contribution in [0.4, 0.5) is 4.79 Å². The van der Waals surface area contributed by atoms with Crippen molar-refractivity contribution < 1.29 is 33.6 Å². The summed E-state index contributed by atoms with van der Waals surface area (Å²) in [5, 5.41) is 12.7. The number of rotatable bonds is 16. The number of alkyl carbamates (subject to hydrolysis) is 1. The summed E-state index contributed by atoms with van der Waals surface area (Å²) >= 11 is 0. The van der Waals surface area contributed by atoms with Crippen molar-refractivity contribution in [3.05, 3.63) is 11.6 Å². The molecule has 0 spiro atoms. The summed E-state index contributed by atoms with van der Waals surface area (Å²) in [5.41, 5.74) is 0.107. The molecule has 1 aromatic carbocycles. The minimum Gasteiger partial charge on any atom is -0.490 e. The molecule has 0 aliphatic carbocycles. The molecule has 8 heteroatoms. The van der Waals surface area contributed by atoms with Gasteiger partial charge in [0.25, 0.3) is 0 Å². The lowest BCUT2D eigenvalue weighted by Gasteiger charge is -2.25. The molecule has 0 radical (unpaired) electrons. The van der Waals surface area contributed by atoms with Crippen LogP contribution in [-0.2, 0) is 11.2 Å². The largest absolute Gasteiger partial charge is 0.490 e. The van der Waals surface area contributed by atoms with Gasteiger partial charge >= 0.3 is 6.09 Å². The van der Waals surface area contributed by atoms with Gasteiger partial charge < -0.3 is 34.1 Å². The molecule has 1 unspecified atom stereocenters. The summed E-state index contributed by atoms with van der Waals surface area (Å²) in [6.07, 6.45) is 5.81. The molecule has 196 valence electrons. The maximum Gasteiger partial charge on any atom is 0.407 e. The summed E-state index contributed by atoms with van der Waals surface area (Å²) in [4.78, 5) is 12.3. The zero-order valence-corrected chi connectivity index (χ0v) is 22.1. The molecule has 0 fully saturated rings. The van der Waals surface area contributed by atoms with Gasteiger partial charge in [0.15, 0.2) is 11.5 Å². The van der Waals surface area contributed by atoms with Crippen molar-refractivity contribution >= 4 is 6.09 Å². The zero-order valence-electron chi connectivity index (χ0n) is 22.1. The van der Waals surface area contributed by atoms with E-state index in [4.69, 9.17) is 23.7 Å². The number of amides is 1. The van der Waals surface area contributed by atoms with Gasteiger partial charge in [-0.15, -0.1) is 0 Å². The molecule has 0 saturated heterocycles. The highest BCUT2D eigenvalue weighted by Crippen LogP contribution is 2.47. The van der Waals surface area contributed by atoms with Crippen molar-refractivity contribution in [1.82, 2.24) is 5.32 Å². The van der Waals surface area contributed by atoms with E-state index in [-0.39, 0.29) is 6.61 Å². The fraction of sp³-hybridized carbons (Fsp3) is 0.731. The summed E-state index contributed by atoms with van der Waals surface area (Å²) in [6, 6.07) is 1.26. The second-order valence-corrected chi connectivity index (χ2v) is 9.27. The van der Waals surface area contributed by atoms with E-state index in [1.165, 1.54) is 0 Å². The Balaban J connectivity index is 3.28. The van der Waals surface area contributed by atoms with E-state index < -0.39 is 17.7 Å². The molecule has 0 aliphatic rings. The van der Waals surface area contributed by atoms with Gasteiger partial charge in [0.1, 0.15) is 5.60 Å². The molecular weight excluding hydrogens is 438 g/mol. The van der Waals surface area contributed by atoms with Crippen molar-refractivity contribution in [2.75, 3.05) is 34.0 Å². The van der Waals surface area contributed by atoms with E-state index in [9.17, 15) is 9.90 Å². The van der Waals surface area contributed by atoms with Gasteiger partial charge in [-0.2, -0.15) is 0 Å². The van der Waals surface area contributed by atoms with E-state index in [1.807, 2.05) is 6.07 Å². The molecule has 1 rings (SSSR count). The fourth-order valence-electron chi connectivity index (χ4n) is 3.41. The van der Waals surface area contributed by atoms with Crippen LogP contribution in [0.3, 0.4) is 0 Å². The van der Waals surface area contributed by atoms with Crippen LogP contribution >= 0.6 is 0 Å². The van der Waals surface area contributed by atoms with E-state index in [0.717, 1.165) is 44.1 Å². The predicted molar refractivity (Wildman–Crippen MR) is 134 cm³/mol. The Labute approximate surface area is 205 Å². The molecule has 0 saturated carbocycles. The number of hydrogen-bond acceptors (Lipinski definition) is 7. The first kappa shape index (κ1) is 29.7. The smallest absolute Gasteiger partial charge is 0.407 e. The van der Waals surface area contributed by atoms with Gasteiger partial charge in [-0.05, 0) is 46.1 Å². The molecule has 0 heterocycles. The van der Waals surface area contributed by atoms with Gasteiger partial charge in [0, 0.05) is 5.56 Å². The number of carbonyl (C=O) groups excluding carboxylic acids is 1. The molecule has 0 bridgehead atoms. The number of aliphatic hydroxyl groups excluding tert-OH is 1. The number of methoxy groups -OCH3 is 2. The van der Waals surface area contributed by atoms with Crippen molar-refractivity contribution in [3.63, 3.8) is 0 Å². The SMILES string of the molecule is CCCCCOc1cc(CC(CO)NC(=O)OC(C)(C)C)c(OCCCCC)c(OC)c1OC. The molecule has 1 aromatic rings. The standard InChI is InChI=1S/C26H45NO7/c1-8-10-12-14-32-21-17-19(16-20(18-28)27-25(29)34-26(3,4)5)22(33-15-13-11-9-2)24(31-7)23(21)30-6/h17,20,28H,8-16,18H2,1-7H3,(H,27,29). The van der Waals surface area contributed by atoms with Crippen molar-refractivity contribution in [3.8, 4) is 23.0 Å². The molecule has 1 amide bonds. The number of unbranched alkanes of at least 4 members (excludes halogenated alkanes) is 4. The Bertz CT molecular complexity index is 731. The zero-order chi connectivity index (χ0) is 25.6. The molecule has 34 heavy (non-hydrogen) atoms. The minimum atomic E-state index is -0.638. The monoisotopic (exact) mass is 483 g/mol. The maximum atomic E-state index is 12.3. The highest BCUT2D eigenvalue weighted by Gasteiger charge is 2.26. The van der Waals surface area contributed by atoms with E-state index >= 15 is 0 Å². The minimum absolute atomic E-state index is 0.268. The Kier molecular flexibility index (Phi) is 13.6. The first-order valence-electron chi connectivity index (χ1n) is 12.3. The number of nitrogens with one attached hydrogen (secondary N) is 1. The molecular formula is C26H45NO7. The van der Waals surface area contributed by atoms with Crippen LogP contribution in [0.2, 0.25) is 0 Å². The van der Waals surface area contributed by atoms with E-state index in [1.54, 1.807) is 35.0 Å². The Hall–Kier alpha value is -2.35. The van der Waals surface area contributed by atoms with Gasteiger partial charge in [0.2, 0.25) is 11.5 Å². The lowest BCUT2D eigenvalue weighted by Crippen LogP contribution is -2.42. The summed E-state index contributed by atoms with van der Waals surface area (Å²) in [6.45, 7) is 10.4. The van der Waals surface area contributed by atoms with Gasteiger partial charge in [-0.3, -0.25) is 0 Å². The summed E-state index contributed by atoms with van der Waals surface area (Å²) < 4.78 is 28.9. The lowest BCUT2D eigenvalue weighted by atomic mass is 10.0. The average molecular weight is 484 g/mol. The van der Waals surface area contributed by atoms with Crippen LogP contribution in [0.5, 0.6) is 23.0 Å². The van der Waals surface area contributed by atoms with E-state index in [2.05, 4.69) is 19.2 Å². The van der Waals surface area contributed by atoms with Crippen LogP contribution in [-0.4, -0.2) is 56.9 Å².